The van der Waals surface area contributed by atoms with E-state index in [0.717, 1.165) is 5.06 Å². The van der Waals surface area contributed by atoms with Crippen molar-refractivity contribution in [3.05, 3.63) is 0 Å². The number of rotatable bonds is 2. The quantitative estimate of drug-likeness (QED) is 0.689. The average Bonchev–Trinajstić information content (AvgIpc) is 2.70. The molecule has 8 nitrogen and oxygen atoms in total. The fourth-order valence-electron chi connectivity index (χ4n) is 2.92. The van der Waals surface area contributed by atoms with Crippen molar-refractivity contribution >= 4 is 11.9 Å². The van der Waals surface area contributed by atoms with Crippen LogP contribution in [0.2, 0.25) is 0 Å². The van der Waals surface area contributed by atoms with E-state index in [9.17, 15) is 9.59 Å². The molecule has 0 unspecified atom stereocenters. The number of nitrogens with zero attached hydrogens (tertiary/aromatic N) is 1. The number of amides is 1. The first kappa shape index (κ1) is 17.1. The molecular formula is C14H23NO7. The lowest BCUT2D eigenvalue weighted by Crippen LogP contribution is -2.63. The predicted molar refractivity (Wildman–Crippen MR) is 73.2 cm³/mol. The van der Waals surface area contributed by atoms with Crippen LogP contribution in [0.5, 0.6) is 0 Å². The zero-order valence-electron chi connectivity index (χ0n) is 13.7. The number of ether oxygens (including phenoxy) is 4. The monoisotopic (exact) mass is 317 g/mol. The van der Waals surface area contributed by atoms with Gasteiger partial charge in [-0.2, -0.15) is 5.06 Å². The Morgan fingerprint density at radius 3 is 2.23 bits per heavy atom. The van der Waals surface area contributed by atoms with Gasteiger partial charge in [0.25, 0.3) is 5.91 Å². The SMILES string of the molecule is CO[C@H]1O[C@H](C)[C@@H](N(OC(C)=O)C(C)=O)[C@@H]2OC(C)(C)O[C@@H]12. The number of hydrogen-bond donors (Lipinski definition) is 0. The maximum absolute atomic E-state index is 11.9. The van der Waals surface area contributed by atoms with Crippen molar-refractivity contribution in [1.82, 2.24) is 5.06 Å². The highest BCUT2D eigenvalue weighted by atomic mass is 16.8. The second kappa shape index (κ2) is 6.11. The topological polar surface area (TPSA) is 83.5 Å². The highest BCUT2D eigenvalue weighted by Gasteiger charge is 2.57. The fraction of sp³-hybridized carbons (Fsp3) is 0.857. The number of methoxy groups -OCH3 is 1. The van der Waals surface area contributed by atoms with Crippen LogP contribution < -0.4 is 0 Å². The van der Waals surface area contributed by atoms with Gasteiger partial charge in [-0.15, -0.1) is 0 Å². The van der Waals surface area contributed by atoms with Gasteiger partial charge in [-0.25, -0.2) is 0 Å². The van der Waals surface area contributed by atoms with Crippen molar-refractivity contribution in [3.8, 4) is 0 Å². The summed E-state index contributed by atoms with van der Waals surface area (Å²) in [6.07, 6.45) is -2.15. The minimum Gasteiger partial charge on any atom is -0.353 e. The van der Waals surface area contributed by atoms with Crippen LogP contribution in [0.4, 0.5) is 0 Å². The summed E-state index contributed by atoms with van der Waals surface area (Å²) in [4.78, 5) is 28.2. The smallest absolute Gasteiger partial charge is 0.329 e. The van der Waals surface area contributed by atoms with Gasteiger partial charge >= 0.3 is 5.97 Å². The fourth-order valence-corrected chi connectivity index (χ4v) is 2.92. The average molecular weight is 317 g/mol. The van der Waals surface area contributed by atoms with Crippen molar-refractivity contribution in [3.63, 3.8) is 0 Å². The molecule has 0 aliphatic carbocycles. The van der Waals surface area contributed by atoms with E-state index in [1.165, 1.54) is 21.0 Å². The Hall–Kier alpha value is -1.22. The summed E-state index contributed by atoms with van der Waals surface area (Å²) < 4.78 is 22.8. The van der Waals surface area contributed by atoms with Gasteiger partial charge in [0.05, 0.1) is 6.10 Å². The van der Waals surface area contributed by atoms with E-state index in [4.69, 9.17) is 23.8 Å². The van der Waals surface area contributed by atoms with Gasteiger partial charge in [0.2, 0.25) is 0 Å². The first-order valence-electron chi connectivity index (χ1n) is 7.18. The molecule has 0 N–H and O–H groups in total. The van der Waals surface area contributed by atoms with Gasteiger partial charge < -0.3 is 23.8 Å². The Morgan fingerprint density at radius 1 is 1.14 bits per heavy atom. The van der Waals surface area contributed by atoms with Gasteiger partial charge in [-0.05, 0) is 20.8 Å². The Bertz CT molecular complexity index is 452. The van der Waals surface area contributed by atoms with Crippen LogP contribution in [0.15, 0.2) is 0 Å². The molecule has 5 atom stereocenters. The summed E-state index contributed by atoms with van der Waals surface area (Å²) in [6.45, 7) is 7.85. The van der Waals surface area contributed by atoms with Crippen LogP contribution >= 0.6 is 0 Å². The molecule has 0 radical (unpaired) electrons. The Balaban J connectivity index is 2.32. The molecule has 0 aromatic carbocycles. The van der Waals surface area contributed by atoms with Gasteiger partial charge in [0.1, 0.15) is 18.2 Å². The number of fused-ring (bicyclic) bond motifs is 1. The van der Waals surface area contributed by atoms with Crippen molar-refractivity contribution in [2.24, 2.45) is 0 Å². The molecule has 2 fully saturated rings. The summed E-state index contributed by atoms with van der Waals surface area (Å²) in [5.74, 6) is -1.86. The highest BCUT2D eigenvalue weighted by Crippen LogP contribution is 2.39. The van der Waals surface area contributed by atoms with Crippen LogP contribution in [-0.4, -0.2) is 60.5 Å². The molecule has 2 saturated heterocycles. The van der Waals surface area contributed by atoms with E-state index in [0.29, 0.717) is 0 Å². The van der Waals surface area contributed by atoms with E-state index in [-0.39, 0.29) is 0 Å². The molecule has 1 amide bonds. The number of carbonyl (C=O) groups excluding carboxylic acids is 2. The lowest BCUT2D eigenvalue weighted by atomic mass is 9.96. The molecule has 0 bridgehead atoms. The van der Waals surface area contributed by atoms with Gasteiger partial charge in [0.15, 0.2) is 12.1 Å². The van der Waals surface area contributed by atoms with E-state index < -0.39 is 48.3 Å². The highest BCUT2D eigenvalue weighted by molar-refractivity contribution is 5.75. The van der Waals surface area contributed by atoms with Crippen LogP contribution in [0.25, 0.3) is 0 Å². The summed E-state index contributed by atoms with van der Waals surface area (Å²) in [5, 5.41) is 1.00. The lowest BCUT2D eigenvalue weighted by Gasteiger charge is -2.43. The summed E-state index contributed by atoms with van der Waals surface area (Å²) >= 11 is 0. The zero-order chi connectivity index (χ0) is 16.7. The maximum Gasteiger partial charge on any atom is 0.329 e. The zero-order valence-corrected chi connectivity index (χ0v) is 13.7. The third kappa shape index (κ3) is 3.24. The van der Waals surface area contributed by atoms with Gasteiger partial charge in [-0.3, -0.25) is 9.59 Å². The summed E-state index contributed by atoms with van der Waals surface area (Å²) in [7, 11) is 1.51. The largest absolute Gasteiger partial charge is 0.353 e. The molecule has 0 aromatic heterocycles. The van der Waals surface area contributed by atoms with Crippen molar-refractivity contribution in [2.45, 2.75) is 71.0 Å². The van der Waals surface area contributed by atoms with Crippen LogP contribution in [0.3, 0.4) is 0 Å². The molecule has 0 aromatic rings. The standard InChI is InChI=1S/C14H23NO7/c1-7-10(15(8(2)16)22-9(3)17)11-12(13(18-6)19-7)21-14(4,5)20-11/h7,10-13H,1-6H3/t7-,10-,11+,12-,13+/m1/s1. The molecule has 2 aliphatic heterocycles. The molecule has 2 aliphatic rings. The summed E-state index contributed by atoms with van der Waals surface area (Å²) in [6, 6.07) is -0.625. The molecule has 22 heavy (non-hydrogen) atoms. The Morgan fingerprint density at radius 2 is 1.73 bits per heavy atom. The van der Waals surface area contributed by atoms with Crippen LogP contribution in [0.1, 0.15) is 34.6 Å². The molecular weight excluding hydrogens is 294 g/mol. The second-order valence-corrected chi connectivity index (χ2v) is 5.93. The van der Waals surface area contributed by atoms with E-state index in [1.54, 1.807) is 20.8 Å². The molecule has 8 heteroatoms. The first-order valence-corrected chi connectivity index (χ1v) is 7.18. The minimum atomic E-state index is -0.851. The van der Waals surface area contributed by atoms with E-state index in [1.807, 2.05) is 0 Å². The minimum absolute atomic E-state index is 0.418. The first-order chi connectivity index (χ1) is 10.2. The molecule has 0 saturated carbocycles. The van der Waals surface area contributed by atoms with Crippen molar-refractivity contribution < 1.29 is 33.4 Å². The van der Waals surface area contributed by atoms with E-state index >= 15 is 0 Å². The van der Waals surface area contributed by atoms with Crippen molar-refractivity contribution in [1.29, 1.82) is 0 Å². The third-order valence-electron chi connectivity index (χ3n) is 3.64. The van der Waals surface area contributed by atoms with Gasteiger partial charge in [0, 0.05) is 21.0 Å². The predicted octanol–water partition coefficient (Wildman–Crippen LogP) is 0.593. The lowest BCUT2D eigenvalue weighted by molar-refractivity contribution is -0.281. The van der Waals surface area contributed by atoms with Crippen LogP contribution in [0, 0.1) is 0 Å². The van der Waals surface area contributed by atoms with Crippen molar-refractivity contribution in [2.75, 3.05) is 7.11 Å². The summed E-state index contributed by atoms with van der Waals surface area (Å²) in [5.41, 5.74) is 0. The molecule has 2 heterocycles. The second-order valence-electron chi connectivity index (χ2n) is 5.93. The maximum atomic E-state index is 11.9. The number of carbonyl (C=O) groups is 2. The Kier molecular flexibility index (Phi) is 4.76. The third-order valence-corrected chi connectivity index (χ3v) is 3.64. The Labute approximate surface area is 129 Å². The van der Waals surface area contributed by atoms with Gasteiger partial charge in [-0.1, -0.05) is 0 Å². The number of hydrogen-bond acceptors (Lipinski definition) is 7. The molecule has 0 spiro atoms. The van der Waals surface area contributed by atoms with E-state index in [2.05, 4.69) is 0 Å². The number of hydroxylamine groups is 2. The normalized spacial score (nSPS) is 36.5. The molecule has 126 valence electrons. The van der Waals surface area contributed by atoms with Crippen LogP contribution in [-0.2, 0) is 33.4 Å². The molecule has 2 rings (SSSR count).